The molecule has 0 bridgehead atoms. The molecule has 8 nitrogen and oxygen atoms in total. The molecule has 0 unspecified atom stereocenters. The van der Waals surface area contributed by atoms with Crippen molar-refractivity contribution in [3.63, 3.8) is 0 Å². The molecular weight excluding hydrogens is 514 g/mol. The third-order valence-corrected chi connectivity index (χ3v) is 7.02. The summed E-state index contributed by atoms with van der Waals surface area (Å²) in [6.07, 6.45) is 7.76. The lowest BCUT2D eigenvalue weighted by molar-refractivity contribution is 0.0792. The van der Waals surface area contributed by atoms with E-state index in [0.717, 1.165) is 52.6 Å². The SMILES string of the molecule is Cc1cc(C)c2nc(-c3cccnc3)cc(C(=O)Nc3ccc(C(=O)N(C)CCCCc4cnc(C)o4)cc3)c2c1. The first-order valence-electron chi connectivity index (χ1n) is 13.7. The van der Waals surface area contributed by atoms with Crippen molar-refractivity contribution in [2.24, 2.45) is 0 Å². The van der Waals surface area contributed by atoms with Gasteiger partial charge in [0, 0.05) is 61.5 Å². The van der Waals surface area contributed by atoms with Crippen molar-refractivity contribution >= 4 is 28.4 Å². The Morgan fingerprint density at radius 1 is 0.976 bits per heavy atom. The Kier molecular flexibility index (Phi) is 8.19. The minimum atomic E-state index is -0.245. The molecule has 5 rings (SSSR count). The Balaban J connectivity index is 1.28. The average Bonchev–Trinajstić information content (AvgIpc) is 3.40. The lowest BCUT2D eigenvalue weighted by atomic mass is 9.99. The number of carbonyl (C=O) groups is 2. The molecule has 2 amide bonds. The van der Waals surface area contributed by atoms with E-state index in [0.29, 0.717) is 34.9 Å². The van der Waals surface area contributed by atoms with Gasteiger partial charge in [-0.1, -0.05) is 11.6 Å². The number of nitrogens with zero attached hydrogens (tertiary/aromatic N) is 4. The van der Waals surface area contributed by atoms with Gasteiger partial charge in [0.2, 0.25) is 0 Å². The van der Waals surface area contributed by atoms with Crippen LogP contribution >= 0.6 is 0 Å². The summed E-state index contributed by atoms with van der Waals surface area (Å²) < 4.78 is 5.50. The molecule has 5 aromatic rings. The Morgan fingerprint density at radius 2 is 1.78 bits per heavy atom. The maximum absolute atomic E-state index is 13.6. The Bertz CT molecular complexity index is 1690. The molecule has 208 valence electrons. The summed E-state index contributed by atoms with van der Waals surface area (Å²) in [4.78, 5) is 41.4. The number of pyridine rings is 2. The van der Waals surface area contributed by atoms with Crippen molar-refractivity contribution in [3.8, 4) is 11.3 Å². The summed E-state index contributed by atoms with van der Waals surface area (Å²) in [7, 11) is 1.80. The fraction of sp³-hybridized carbons (Fsp3) is 0.242. The van der Waals surface area contributed by atoms with Crippen molar-refractivity contribution in [1.82, 2.24) is 19.9 Å². The predicted octanol–water partition coefficient (Wildman–Crippen LogP) is 6.56. The van der Waals surface area contributed by atoms with E-state index in [4.69, 9.17) is 9.40 Å². The van der Waals surface area contributed by atoms with E-state index in [-0.39, 0.29) is 11.8 Å². The lowest BCUT2D eigenvalue weighted by Gasteiger charge is -2.17. The van der Waals surface area contributed by atoms with Crippen molar-refractivity contribution in [2.75, 3.05) is 18.9 Å². The topological polar surface area (TPSA) is 101 Å². The van der Waals surface area contributed by atoms with Crippen molar-refractivity contribution < 1.29 is 14.0 Å². The van der Waals surface area contributed by atoms with Crippen LogP contribution in [-0.2, 0) is 6.42 Å². The molecule has 0 atom stereocenters. The van der Waals surface area contributed by atoms with E-state index in [1.54, 1.807) is 54.8 Å². The Morgan fingerprint density at radius 3 is 2.49 bits per heavy atom. The van der Waals surface area contributed by atoms with Gasteiger partial charge >= 0.3 is 0 Å². The van der Waals surface area contributed by atoms with E-state index in [9.17, 15) is 9.59 Å². The highest BCUT2D eigenvalue weighted by Gasteiger charge is 2.17. The number of aryl methyl sites for hydroxylation is 4. The minimum absolute atomic E-state index is 0.0643. The fourth-order valence-corrected chi connectivity index (χ4v) is 4.92. The fourth-order valence-electron chi connectivity index (χ4n) is 4.92. The first-order valence-corrected chi connectivity index (χ1v) is 13.7. The maximum Gasteiger partial charge on any atom is 0.256 e. The van der Waals surface area contributed by atoms with E-state index >= 15 is 0 Å². The molecule has 0 saturated carbocycles. The number of oxazole rings is 1. The number of carbonyl (C=O) groups excluding carboxylic acids is 2. The van der Waals surface area contributed by atoms with E-state index in [2.05, 4.69) is 21.4 Å². The summed E-state index contributed by atoms with van der Waals surface area (Å²) in [5.41, 5.74) is 6.05. The highest BCUT2D eigenvalue weighted by molar-refractivity contribution is 6.13. The number of hydrogen-bond donors (Lipinski definition) is 1. The zero-order chi connectivity index (χ0) is 28.9. The number of hydrogen-bond acceptors (Lipinski definition) is 6. The van der Waals surface area contributed by atoms with Gasteiger partial charge < -0.3 is 14.6 Å². The molecule has 41 heavy (non-hydrogen) atoms. The van der Waals surface area contributed by atoms with Crippen LogP contribution in [-0.4, -0.2) is 45.3 Å². The van der Waals surface area contributed by atoms with Crippen LogP contribution in [0.5, 0.6) is 0 Å². The number of benzene rings is 2. The second-order valence-corrected chi connectivity index (χ2v) is 10.3. The maximum atomic E-state index is 13.6. The minimum Gasteiger partial charge on any atom is -0.446 e. The molecule has 3 aromatic heterocycles. The zero-order valence-corrected chi connectivity index (χ0v) is 23.8. The highest BCUT2D eigenvalue weighted by Crippen LogP contribution is 2.28. The van der Waals surface area contributed by atoms with Crippen LogP contribution in [0.25, 0.3) is 22.2 Å². The molecule has 3 heterocycles. The van der Waals surface area contributed by atoms with Crippen LogP contribution in [0.15, 0.2) is 77.6 Å². The first kappa shape index (κ1) is 27.7. The van der Waals surface area contributed by atoms with Crippen molar-refractivity contribution in [3.05, 3.63) is 107 Å². The molecule has 0 aliphatic rings. The van der Waals surface area contributed by atoms with Crippen molar-refractivity contribution in [1.29, 1.82) is 0 Å². The number of amides is 2. The van der Waals surface area contributed by atoms with Gasteiger partial charge in [0.05, 0.1) is 23.0 Å². The molecule has 0 fully saturated rings. The van der Waals surface area contributed by atoms with E-state index in [1.165, 1.54) is 0 Å². The number of rotatable bonds is 9. The quantitative estimate of drug-likeness (QED) is 0.210. The number of fused-ring (bicyclic) bond motifs is 1. The average molecular weight is 548 g/mol. The van der Waals surface area contributed by atoms with Crippen LogP contribution in [0.3, 0.4) is 0 Å². The van der Waals surface area contributed by atoms with Gasteiger partial charge in [-0.05, 0) is 80.8 Å². The largest absolute Gasteiger partial charge is 0.446 e. The molecule has 0 saturated heterocycles. The second kappa shape index (κ2) is 12.1. The molecular formula is C33H33N5O3. The molecule has 2 aromatic carbocycles. The number of aromatic nitrogens is 3. The standard InChI is InChI=1S/C33H33N5O3/c1-21-16-22(2)31-28(17-21)29(18-30(37-31)25-8-7-14-34-19-25)32(39)36-26-12-10-24(11-13-26)33(40)38(4)15-6-5-9-27-20-35-23(3)41-27/h7-8,10-14,16-20H,5-6,9,15H2,1-4H3,(H,36,39). The van der Waals surface area contributed by atoms with Gasteiger partial charge in [-0.15, -0.1) is 0 Å². The third kappa shape index (κ3) is 6.49. The molecule has 8 heteroatoms. The normalized spacial score (nSPS) is 11.0. The summed E-state index contributed by atoms with van der Waals surface area (Å²) in [6.45, 7) is 6.47. The first-order chi connectivity index (χ1) is 19.8. The lowest BCUT2D eigenvalue weighted by Crippen LogP contribution is -2.27. The highest BCUT2D eigenvalue weighted by atomic mass is 16.3. The monoisotopic (exact) mass is 547 g/mol. The second-order valence-electron chi connectivity index (χ2n) is 10.3. The van der Waals surface area contributed by atoms with Gasteiger partial charge in [-0.3, -0.25) is 14.6 Å². The number of anilines is 1. The van der Waals surface area contributed by atoms with Crippen LogP contribution in [0.1, 0.15) is 56.3 Å². The van der Waals surface area contributed by atoms with Gasteiger partial charge in [-0.2, -0.15) is 0 Å². The molecule has 0 aliphatic carbocycles. The third-order valence-electron chi connectivity index (χ3n) is 7.02. The van der Waals surface area contributed by atoms with Crippen LogP contribution in [0.4, 0.5) is 5.69 Å². The van der Waals surface area contributed by atoms with Gasteiger partial charge in [0.15, 0.2) is 5.89 Å². The van der Waals surface area contributed by atoms with Gasteiger partial charge in [0.25, 0.3) is 11.8 Å². The molecule has 0 spiro atoms. The van der Waals surface area contributed by atoms with Gasteiger partial charge in [0.1, 0.15) is 5.76 Å². The van der Waals surface area contributed by atoms with Crippen LogP contribution < -0.4 is 5.32 Å². The van der Waals surface area contributed by atoms with Crippen LogP contribution in [0, 0.1) is 20.8 Å². The van der Waals surface area contributed by atoms with E-state index < -0.39 is 0 Å². The van der Waals surface area contributed by atoms with Crippen molar-refractivity contribution in [2.45, 2.75) is 40.0 Å². The predicted molar refractivity (Wildman–Crippen MR) is 160 cm³/mol. The van der Waals surface area contributed by atoms with E-state index in [1.807, 2.05) is 45.0 Å². The Labute approximate surface area is 239 Å². The Hall–Kier alpha value is -4.85. The van der Waals surface area contributed by atoms with Crippen LogP contribution in [0.2, 0.25) is 0 Å². The summed E-state index contributed by atoms with van der Waals surface area (Å²) in [6, 6.07) is 16.6. The molecule has 1 N–H and O–H groups in total. The smallest absolute Gasteiger partial charge is 0.256 e. The van der Waals surface area contributed by atoms with Gasteiger partial charge in [-0.25, -0.2) is 9.97 Å². The molecule has 0 radical (unpaired) electrons. The number of nitrogens with one attached hydrogen (secondary N) is 1. The summed E-state index contributed by atoms with van der Waals surface area (Å²) >= 11 is 0. The molecule has 0 aliphatic heterocycles. The summed E-state index contributed by atoms with van der Waals surface area (Å²) in [5.74, 6) is 1.23. The summed E-state index contributed by atoms with van der Waals surface area (Å²) in [5, 5.41) is 3.79. The number of unbranched alkanes of at least 4 members (excludes halogenated alkanes) is 1. The zero-order valence-electron chi connectivity index (χ0n) is 23.8.